The second kappa shape index (κ2) is 4.82. The molecular weight excluding hydrogens is 230 g/mol. The van der Waals surface area contributed by atoms with Gasteiger partial charge in [-0.15, -0.1) is 0 Å². The van der Waals surface area contributed by atoms with Gasteiger partial charge in [-0.25, -0.2) is 0 Å². The molecule has 74 valence electrons. The molecule has 2 nitrogen and oxygen atoms in total. The van der Waals surface area contributed by atoms with Crippen molar-refractivity contribution in [3.63, 3.8) is 0 Å². The predicted molar refractivity (Wildman–Crippen MR) is 57.7 cm³/mol. The van der Waals surface area contributed by atoms with Crippen LogP contribution in [0.25, 0.3) is 0 Å². The van der Waals surface area contributed by atoms with E-state index in [-0.39, 0.29) is 0 Å². The largest absolute Gasteiger partial charge is 0.457 e. The van der Waals surface area contributed by atoms with Gasteiger partial charge in [0.15, 0.2) is 4.67 Å². The summed E-state index contributed by atoms with van der Waals surface area (Å²) in [5.41, 5.74) is 1.21. The van der Waals surface area contributed by atoms with Crippen LogP contribution in [0.5, 0.6) is 0 Å². The van der Waals surface area contributed by atoms with Crippen LogP contribution >= 0.6 is 15.9 Å². The highest BCUT2D eigenvalue weighted by molar-refractivity contribution is 9.10. The van der Waals surface area contributed by atoms with Crippen molar-refractivity contribution >= 4 is 15.9 Å². The SMILES string of the molecule is CCC(C)C(NC)c1ccoc1Br. The smallest absolute Gasteiger partial charge is 0.173 e. The van der Waals surface area contributed by atoms with E-state index in [2.05, 4.69) is 35.1 Å². The van der Waals surface area contributed by atoms with E-state index in [1.165, 1.54) is 5.56 Å². The summed E-state index contributed by atoms with van der Waals surface area (Å²) in [6.07, 6.45) is 2.87. The Morgan fingerprint density at radius 2 is 2.31 bits per heavy atom. The standard InChI is InChI=1S/C10H16BrNO/c1-4-7(2)9(12-3)8-5-6-13-10(8)11/h5-7,9,12H,4H2,1-3H3. The molecule has 0 aliphatic heterocycles. The molecule has 1 aromatic heterocycles. The average molecular weight is 246 g/mol. The minimum atomic E-state index is 0.373. The van der Waals surface area contributed by atoms with E-state index in [9.17, 15) is 0 Å². The molecule has 0 saturated carbocycles. The number of hydrogen-bond acceptors (Lipinski definition) is 2. The van der Waals surface area contributed by atoms with Gasteiger partial charge < -0.3 is 9.73 Å². The molecule has 0 fully saturated rings. The molecule has 13 heavy (non-hydrogen) atoms. The van der Waals surface area contributed by atoms with Crippen molar-refractivity contribution in [2.75, 3.05) is 7.05 Å². The average Bonchev–Trinajstić information content (AvgIpc) is 2.53. The fourth-order valence-electron chi connectivity index (χ4n) is 1.51. The number of hydrogen-bond donors (Lipinski definition) is 1. The summed E-state index contributed by atoms with van der Waals surface area (Å²) in [6.45, 7) is 4.43. The summed E-state index contributed by atoms with van der Waals surface area (Å²) in [5, 5.41) is 3.31. The third-order valence-electron chi connectivity index (χ3n) is 2.51. The van der Waals surface area contributed by atoms with E-state index in [1.807, 2.05) is 13.1 Å². The van der Waals surface area contributed by atoms with Gasteiger partial charge in [-0.2, -0.15) is 0 Å². The Labute approximate surface area is 87.8 Å². The Bertz CT molecular complexity index is 259. The van der Waals surface area contributed by atoms with Gasteiger partial charge in [0, 0.05) is 11.6 Å². The maximum absolute atomic E-state index is 5.22. The first kappa shape index (κ1) is 10.8. The van der Waals surface area contributed by atoms with Crippen molar-refractivity contribution in [2.45, 2.75) is 26.3 Å². The lowest BCUT2D eigenvalue weighted by Gasteiger charge is -2.21. The van der Waals surface area contributed by atoms with E-state index in [4.69, 9.17) is 4.42 Å². The lowest BCUT2D eigenvalue weighted by Crippen LogP contribution is -2.22. The Morgan fingerprint density at radius 3 is 2.69 bits per heavy atom. The summed E-state index contributed by atoms with van der Waals surface area (Å²) < 4.78 is 6.06. The van der Waals surface area contributed by atoms with Crippen molar-refractivity contribution in [3.8, 4) is 0 Å². The minimum Gasteiger partial charge on any atom is -0.457 e. The zero-order valence-electron chi connectivity index (χ0n) is 8.30. The van der Waals surface area contributed by atoms with E-state index in [0.717, 1.165) is 11.1 Å². The van der Waals surface area contributed by atoms with Gasteiger partial charge in [0.25, 0.3) is 0 Å². The van der Waals surface area contributed by atoms with E-state index in [0.29, 0.717) is 12.0 Å². The molecule has 0 saturated heterocycles. The highest BCUT2D eigenvalue weighted by Gasteiger charge is 2.19. The normalized spacial score (nSPS) is 15.7. The molecule has 0 amide bonds. The highest BCUT2D eigenvalue weighted by atomic mass is 79.9. The molecule has 0 aromatic carbocycles. The third kappa shape index (κ3) is 2.35. The van der Waals surface area contributed by atoms with Gasteiger partial charge in [0.1, 0.15) is 0 Å². The number of nitrogens with one attached hydrogen (secondary N) is 1. The van der Waals surface area contributed by atoms with Crippen LogP contribution in [0.1, 0.15) is 31.9 Å². The molecule has 0 aliphatic carbocycles. The second-order valence-electron chi connectivity index (χ2n) is 3.30. The first-order valence-electron chi connectivity index (χ1n) is 4.60. The van der Waals surface area contributed by atoms with Gasteiger partial charge in [0.2, 0.25) is 0 Å². The van der Waals surface area contributed by atoms with Crippen LogP contribution in [0.15, 0.2) is 21.4 Å². The van der Waals surface area contributed by atoms with Crippen molar-refractivity contribution < 1.29 is 4.42 Å². The first-order chi connectivity index (χ1) is 6.20. The zero-order valence-corrected chi connectivity index (χ0v) is 9.89. The summed E-state index contributed by atoms with van der Waals surface area (Å²) >= 11 is 3.40. The van der Waals surface area contributed by atoms with Crippen molar-refractivity contribution in [3.05, 3.63) is 22.6 Å². The highest BCUT2D eigenvalue weighted by Crippen LogP contribution is 2.30. The van der Waals surface area contributed by atoms with Gasteiger partial charge in [0.05, 0.1) is 6.26 Å². The fraction of sp³-hybridized carbons (Fsp3) is 0.600. The van der Waals surface area contributed by atoms with E-state index in [1.54, 1.807) is 6.26 Å². The van der Waals surface area contributed by atoms with Gasteiger partial charge >= 0.3 is 0 Å². The summed E-state index contributed by atoms with van der Waals surface area (Å²) in [4.78, 5) is 0. The molecule has 2 atom stereocenters. The van der Waals surface area contributed by atoms with Crippen LogP contribution in [0.2, 0.25) is 0 Å². The zero-order chi connectivity index (χ0) is 9.84. The Kier molecular flexibility index (Phi) is 4.00. The Morgan fingerprint density at radius 1 is 1.62 bits per heavy atom. The lowest BCUT2D eigenvalue weighted by molar-refractivity contribution is 0.393. The van der Waals surface area contributed by atoms with Gasteiger partial charge in [-0.1, -0.05) is 20.3 Å². The maximum Gasteiger partial charge on any atom is 0.173 e. The fourth-order valence-corrected chi connectivity index (χ4v) is 2.00. The number of furan rings is 1. The monoisotopic (exact) mass is 245 g/mol. The quantitative estimate of drug-likeness (QED) is 0.881. The predicted octanol–water partition coefficient (Wildman–Crippen LogP) is 3.35. The molecule has 1 aromatic rings. The molecule has 0 aliphatic rings. The Balaban J connectivity index is 2.84. The summed E-state index contributed by atoms with van der Waals surface area (Å²) in [6, 6.07) is 2.38. The van der Waals surface area contributed by atoms with Gasteiger partial charge in [-0.05, 0) is 35.0 Å². The molecule has 3 heteroatoms. The number of halogens is 1. The van der Waals surface area contributed by atoms with Crippen LogP contribution in [0.3, 0.4) is 0 Å². The Hall–Kier alpha value is -0.280. The summed E-state index contributed by atoms with van der Waals surface area (Å²) in [5.74, 6) is 0.610. The molecule has 0 bridgehead atoms. The van der Waals surface area contributed by atoms with Crippen LogP contribution in [0.4, 0.5) is 0 Å². The van der Waals surface area contributed by atoms with Crippen LogP contribution in [0, 0.1) is 5.92 Å². The molecule has 2 unspecified atom stereocenters. The second-order valence-corrected chi connectivity index (χ2v) is 4.02. The van der Waals surface area contributed by atoms with Crippen molar-refractivity contribution in [1.82, 2.24) is 5.32 Å². The van der Waals surface area contributed by atoms with Crippen molar-refractivity contribution in [2.24, 2.45) is 5.92 Å². The maximum atomic E-state index is 5.22. The molecular formula is C10H16BrNO. The lowest BCUT2D eigenvalue weighted by atomic mass is 9.94. The molecule has 1 rings (SSSR count). The minimum absolute atomic E-state index is 0.373. The molecule has 0 spiro atoms. The van der Waals surface area contributed by atoms with Gasteiger partial charge in [-0.3, -0.25) is 0 Å². The van der Waals surface area contributed by atoms with E-state index < -0.39 is 0 Å². The van der Waals surface area contributed by atoms with Crippen LogP contribution < -0.4 is 5.32 Å². The first-order valence-corrected chi connectivity index (χ1v) is 5.40. The van der Waals surface area contributed by atoms with Crippen molar-refractivity contribution in [1.29, 1.82) is 0 Å². The number of rotatable bonds is 4. The van der Waals surface area contributed by atoms with Crippen LogP contribution in [-0.4, -0.2) is 7.05 Å². The van der Waals surface area contributed by atoms with E-state index >= 15 is 0 Å². The topological polar surface area (TPSA) is 25.2 Å². The molecule has 0 radical (unpaired) electrons. The molecule has 1 N–H and O–H groups in total. The summed E-state index contributed by atoms with van der Waals surface area (Å²) in [7, 11) is 1.98. The van der Waals surface area contributed by atoms with Crippen LogP contribution in [-0.2, 0) is 0 Å². The third-order valence-corrected chi connectivity index (χ3v) is 3.15. The molecule has 1 heterocycles.